The lowest BCUT2D eigenvalue weighted by Gasteiger charge is -2.09. The number of ether oxygens (including phenoxy) is 1. The third kappa shape index (κ3) is 5.93. The summed E-state index contributed by atoms with van der Waals surface area (Å²) >= 11 is 0. The van der Waals surface area contributed by atoms with Crippen molar-refractivity contribution in [1.82, 2.24) is 4.98 Å². The molecule has 0 saturated carbocycles. The van der Waals surface area contributed by atoms with Gasteiger partial charge in [-0.3, -0.25) is 4.98 Å². The number of nitrogens with zero attached hydrogens (tertiary/aromatic N) is 1. The van der Waals surface area contributed by atoms with Crippen LogP contribution in [-0.2, 0) is 6.42 Å². The van der Waals surface area contributed by atoms with Crippen LogP contribution in [0.3, 0.4) is 0 Å². The Hall–Kier alpha value is -2.04. The molecular weight excluding hydrogens is 303 g/mol. The second-order valence-electron chi connectivity index (χ2n) is 5.42. The van der Waals surface area contributed by atoms with Gasteiger partial charge in [-0.1, -0.05) is 44.4 Å². The highest BCUT2D eigenvalue weighted by Gasteiger charge is 2.30. The molecule has 1 aromatic carbocycles. The average Bonchev–Trinajstić information content (AvgIpc) is 2.52. The first kappa shape index (κ1) is 17.3. The lowest BCUT2D eigenvalue weighted by atomic mass is 10.1. The van der Waals surface area contributed by atoms with Gasteiger partial charge in [0.1, 0.15) is 5.75 Å². The summed E-state index contributed by atoms with van der Waals surface area (Å²) in [5, 5.41) is 0. The van der Waals surface area contributed by atoms with Crippen molar-refractivity contribution in [3.8, 4) is 16.9 Å². The smallest absolute Gasteiger partial charge is 0.406 e. The Morgan fingerprint density at radius 1 is 0.913 bits per heavy atom. The summed E-state index contributed by atoms with van der Waals surface area (Å²) in [4.78, 5) is 4.42. The van der Waals surface area contributed by atoms with Gasteiger partial charge in [-0.15, -0.1) is 13.2 Å². The molecule has 1 aromatic heterocycles. The molecule has 1 heterocycles. The largest absolute Gasteiger partial charge is 0.573 e. The van der Waals surface area contributed by atoms with E-state index in [4.69, 9.17) is 0 Å². The summed E-state index contributed by atoms with van der Waals surface area (Å²) in [6, 6.07) is 9.73. The fraction of sp³-hybridized carbons (Fsp3) is 0.389. The van der Waals surface area contributed by atoms with E-state index in [1.165, 1.54) is 31.4 Å². The van der Waals surface area contributed by atoms with Crippen LogP contribution < -0.4 is 4.74 Å². The summed E-state index contributed by atoms with van der Waals surface area (Å²) in [6.45, 7) is 2.18. The molecule has 0 aliphatic rings. The van der Waals surface area contributed by atoms with Crippen molar-refractivity contribution in [2.24, 2.45) is 0 Å². The third-order valence-corrected chi connectivity index (χ3v) is 3.53. The molecule has 23 heavy (non-hydrogen) atoms. The van der Waals surface area contributed by atoms with Gasteiger partial charge in [0.15, 0.2) is 0 Å². The molecule has 0 saturated heterocycles. The molecule has 0 atom stereocenters. The quantitative estimate of drug-likeness (QED) is 0.603. The fourth-order valence-corrected chi connectivity index (χ4v) is 2.33. The van der Waals surface area contributed by atoms with Crippen molar-refractivity contribution < 1.29 is 17.9 Å². The monoisotopic (exact) mass is 323 g/mol. The van der Waals surface area contributed by atoms with Gasteiger partial charge in [-0.05, 0) is 36.6 Å². The van der Waals surface area contributed by atoms with Gasteiger partial charge in [0.25, 0.3) is 0 Å². The maximum atomic E-state index is 12.1. The average molecular weight is 323 g/mol. The molecule has 0 amide bonds. The number of alkyl halides is 3. The topological polar surface area (TPSA) is 22.1 Å². The van der Waals surface area contributed by atoms with E-state index in [0.29, 0.717) is 0 Å². The van der Waals surface area contributed by atoms with Crippen LogP contribution in [-0.4, -0.2) is 11.3 Å². The molecule has 0 aliphatic heterocycles. The van der Waals surface area contributed by atoms with Crippen LogP contribution in [0.15, 0.2) is 42.6 Å². The number of halogens is 3. The van der Waals surface area contributed by atoms with Crippen molar-refractivity contribution in [2.45, 2.75) is 45.4 Å². The molecule has 0 aliphatic carbocycles. The molecule has 0 N–H and O–H groups in total. The van der Waals surface area contributed by atoms with Crippen LogP contribution in [0.4, 0.5) is 13.2 Å². The van der Waals surface area contributed by atoms with Gasteiger partial charge in [0, 0.05) is 17.5 Å². The zero-order valence-electron chi connectivity index (χ0n) is 13.1. The van der Waals surface area contributed by atoms with Crippen LogP contribution in [0.2, 0.25) is 0 Å². The maximum absolute atomic E-state index is 12.1. The van der Waals surface area contributed by atoms with Gasteiger partial charge >= 0.3 is 6.36 Å². The summed E-state index contributed by atoms with van der Waals surface area (Å²) in [7, 11) is 0. The number of hydrogen-bond acceptors (Lipinski definition) is 2. The lowest BCUT2D eigenvalue weighted by Crippen LogP contribution is -2.16. The Morgan fingerprint density at radius 2 is 1.61 bits per heavy atom. The lowest BCUT2D eigenvalue weighted by molar-refractivity contribution is -0.274. The minimum atomic E-state index is -4.66. The van der Waals surface area contributed by atoms with Crippen molar-refractivity contribution in [3.63, 3.8) is 0 Å². The minimum Gasteiger partial charge on any atom is -0.406 e. The molecule has 2 nitrogen and oxygen atoms in total. The van der Waals surface area contributed by atoms with Gasteiger partial charge in [-0.25, -0.2) is 0 Å². The number of aromatic nitrogens is 1. The number of hydrogen-bond donors (Lipinski definition) is 0. The summed E-state index contributed by atoms with van der Waals surface area (Å²) in [6.07, 6.45) is 2.84. The fourth-order valence-electron chi connectivity index (χ4n) is 2.33. The van der Waals surface area contributed by atoms with E-state index in [1.807, 2.05) is 12.1 Å². The van der Waals surface area contributed by atoms with Crippen molar-refractivity contribution in [2.75, 3.05) is 0 Å². The normalized spacial score (nSPS) is 11.5. The van der Waals surface area contributed by atoms with E-state index in [2.05, 4.69) is 16.6 Å². The first-order valence-corrected chi connectivity index (χ1v) is 7.79. The van der Waals surface area contributed by atoms with Crippen molar-refractivity contribution >= 4 is 0 Å². The van der Waals surface area contributed by atoms with Crippen LogP contribution in [0, 0.1) is 0 Å². The Morgan fingerprint density at radius 3 is 2.17 bits per heavy atom. The van der Waals surface area contributed by atoms with E-state index in [0.717, 1.165) is 29.7 Å². The van der Waals surface area contributed by atoms with Crippen LogP contribution in [0.25, 0.3) is 11.1 Å². The number of benzene rings is 1. The Kier molecular flexibility index (Phi) is 6.02. The SMILES string of the molecule is CCCCCCc1ccc(-c2ccc(OC(F)(F)F)cc2)cn1. The summed E-state index contributed by atoms with van der Waals surface area (Å²) in [5.74, 6) is -0.221. The molecule has 124 valence electrons. The van der Waals surface area contributed by atoms with E-state index in [1.54, 1.807) is 18.3 Å². The Bertz CT molecular complexity index is 591. The van der Waals surface area contributed by atoms with E-state index < -0.39 is 6.36 Å². The van der Waals surface area contributed by atoms with E-state index in [-0.39, 0.29) is 5.75 Å². The van der Waals surface area contributed by atoms with Crippen LogP contribution in [0.5, 0.6) is 5.75 Å². The summed E-state index contributed by atoms with van der Waals surface area (Å²) in [5.41, 5.74) is 2.73. The van der Waals surface area contributed by atoms with Crippen LogP contribution >= 0.6 is 0 Å². The second kappa shape index (κ2) is 7.99. The molecule has 2 rings (SSSR count). The number of unbranched alkanes of at least 4 members (excludes halogenated alkanes) is 3. The number of rotatable bonds is 7. The molecular formula is C18H20F3NO. The van der Waals surface area contributed by atoms with Crippen LogP contribution in [0.1, 0.15) is 38.3 Å². The van der Waals surface area contributed by atoms with Gasteiger partial charge in [0.2, 0.25) is 0 Å². The second-order valence-corrected chi connectivity index (χ2v) is 5.42. The standard InChI is InChI=1S/C18H20F3NO/c1-2-3-4-5-6-16-10-7-15(13-22-16)14-8-11-17(12-9-14)23-18(19,20)21/h7-13H,2-6H2,1H3. The highest BCUT2D eigenvalue weighted by Crippen LogP contribution is 2.26. The molecule has 0 radical (unpaired) electrons. The number of aryl methyl sites for hydroxylation is 1. The maximum Gasteiger partial charge on any atom is 0.573 e. The minimum absolute atomic E-state index is 0.221. The third-order valence-electron chi connectivity index (χ3n) is 3.53. The van der Waals surface area contributed by atoms with Gasteiger partial charge < -0.3 is 4.74 Å². The molecule has 0 unspecified atom stereocenters. The predicted molar refractivity (Wildman–Crippen MR) is 84.2 cm³/mol. The highest BCUT2D eigenvalue weighted by molar-refractivity contribution is 5.63. The predicted octanol–water partition coefficient (Wildman–Crippen LogP) is 5.77. The molecule has 0 spiro atoms. The Balaban J connectivity index is 1.96. The number of pyridine rings is 1. The first-order chi connectivity index (χ1) is 11.0. The highest BCUT2D eigenvalue weighted by atomic mass is 19.4. The van der Waals surface area contributed by atoms with Gasteiger partial charge in [0.05, 0.1) is 0 Å². The van der Waals surface area contributed by atoms with Crippen molar-refractivity contribution in [1.29, 1.82) is 0 Å². The zero-order valence-corrected chi connectivity index (χ0v) is 13.1. The molecule has 0 fully saturated rings. The molecule has 0 bridgehead atoms. The first-order valence-electron chi connectivity index (χ1n) is 7.79. The Labute approximate surface area is 134 Å². The van der Waals surface area contributed by atoms with Crippen molar-refractivity contribution in [3.05, 3.63) is 48.3 Å². The van der Waals surface area contributed by atoms with E-state index in [9.17, 15) is 13.2 Å². The molecule has 2 aromatic rings. The zero-order chi connectivity index (χ0) is 16.7. The summed E-state index contributed by atoms with van der Waals surface area (Å²) < 4.78 is 40.2. The van der Waals surface area contributed by atoms with Gasteiger partial charge in [-0.2, -0.15) is 0 Å². The van der Waals surface area contributed by atoms with E-state index >= 15 is 0 Å². The molecule has 5 heteroatoms.